The summed E-state index contributed by atoms with van der Waals surface area (Å²) >= 11 is 0. The van der Waals surface area contributed by atoms with Gasteiger partial charge in [-0.2, -0.15) is 0 Å². The van der Waals surface area contributed by atoms with Crippen molar-refractivity contribution in [1.82, 2.24) is 60.9 Å². The molecule has 4 rings (SSSR count). The Morgan fingerprint density at radius 3 is 1.59 bits per heavy atom. The number of piperidine rings is 1. The summed E-state index contributed by atoms with van der Waals surface area (Å²) < 4.78 is 6.20. The van der Waals surface area contributed by atoms with Crippen LogP contribution in [0, 0.1) is 23.7 Å². The van der Waals surface area contributed by atoms with Gasteiger partial charge in [0.05, 0.1) is 43.4 Å². The molecule has 0 radical (unpaired) electrons. The molecule has 2 unspecified atom stereocenters. The lowest BCUT2D eigenvalue weighted by molar-refractivity contribution is -0.152. The van der Waals surface area contributed by atoms with E-state index < -0.39 is 156 Å². The van der Waals surface area contributed by atoms with Gasteiger partial charge in [-0.3, -0.25) is 58.1 Å². The van der Waals surface area contributed by atoms with Crippen molar-refractivity contribution in [3.8, 4) is 5.75 Å². The predicted molar refractivity (Wildman–Crippen MR) is 397 cm³/mol. The van der Waals surface area contributed by atoms with Crippen molar-refractivity contribution in [2.45, 2.75) is 259 Å². The number of benzene rings is 2. The Hall–Kier alpha value is -7.75. The van der Waals surface area contributed by atoms with Gasteiger partial charge in [-0.1, -0.05) is 118 Å². The molecule has 0 aromatic heterocycles. The molecule has 2 aliphatic rings. The lowest BCUT2D eigenvalue weighted by Crippen LogP contribution is -2.62. The van der Waals surface area contributed by atoms with E-state index in [1.165, 1.54) is 78.8 Å². The van der Waals surface area contributed by atoms with Gasteiger partial charge in [0.1, 0.15) is 60.3 Å². The number of rotatable bonds is 20. The molecule has 2 heterocycles. The highest BCUT2D eigenvalue weighted by atomic mass is 16.5. The summed E-state index contributed by atoms with van der Waals surface area (Å²) in [6, 6.07) is 1.23. The van der Waals surface area contributed by atoms with Crippen LogP contribution >= 0.6 is 0 Å². The van der Waals surface area contributed by atoms with E-state index in [1.807, 2.05) is 62.3 Å². The zero-order chi connectivity index (χ0) is 78.2. The van der Waals surface area contributed by atoms with Crippen LogP contribution in [0.5, 0.6) is 5.75 Å². The van der Waals surface area contributed by atoms with Crippen LogP contribution < -0.4 is 26.6 Å². The van der Waals surface area contributed by atoms with Gasteiger partial charge in [0.15, 0.2) is 0 Å². The number of aromatic hydroxyl groups is 1. The molecule has 0 spiro atoms. The number of phenols is 1. The fourth-order valence-electron chi connectivity index (χ4n) is 13.2. The molecule has 8 N–H and O–H groups in total. The Labute approximate surface area is 618 Å². The van der Waals surface area contributed by atoms with Gasteiger partial charge in [0.2, 0.25) is 65.0 Å². The monoisotopic (exact) mass is 1460 g/mol. The van der Waals surface area contributed by atoms with Crippen molar-refractivity contribution in [2.24, 2.45) is 23.7 Å². The molecule has 2 fully saturated rings. The maximum Gasteiger partial charge on any atom is 0.248 e. The predicted octanol–water partition coefficient (Wildman–Crippen LogP) is 4.36. The SMILES string of the molecule is CCCCN1CC(=O)N(C)[C@@H](CC(C)C)C(=O)N[C@@H](COC(C)(C)C)C(=O)N(C)[C@@H](CC(C)C)C(=O)N(C)[C@@H](CC)C(O)N[C@H](C(=O)N2CCCCC2)CC(=O)NC(CC(C)C)C(=O)N(C)[C@@H](Cc2ccccc2)C(=O)N[C@@H](Cc2ccc(O)cc2)C(=O)N(C)[C@@H](CC(C)C)C(=O)N[C@@H]([C@@H](C)O)C1=O. The number of likely N-dealkylation sites (N-methyl/N-ethyl adjacent to an activating group) is 5. The standard InChI is InChI=1S/C77H126N12O15/c1-20-22-35-89-45-65(93)83(15)60(39-48(5)6)68(95)81-58(46-104-77(12,13)14)73(100)87(19)63(41-50(9)10)75(102)84(16)59(21-2)67(94)80-57(74(101)88-36-27-24-28-37-88)44-64(92)78-55(38-47(3)4)71(98)86(18)62(43-52-29-25-23-26-30-52)69(96)79-56(42-53-31-33-54(91)34-32-53)72(99)85(17)61(40-49(7)8)70(97)82-66(51(11)90)76(89)103/h23,25-26,29-34,47-51,55-63,66-67,80,90-91,94H,20-22,24,27-28,35-46H2,1-19H3,(H,78,92)(H,79,96)(H,81,95)(H,82,97)/t51-,55?,56+,57+,58+,59+,60+,61+,62+,63+,66+,67?/m1/s1. The molecule has 584 valence electrons. The van der Waals surface area contributed by atoms with Crippen molar-refractivity contribution in [1.29, 1.82) is 0 Å². The molecule has 104 heavy (non-hydrogen) atoms. The van der Waals surface area contributed by atoms with Crippen molar-refractivity contribution < 1.29 is 72.8 Å². The van der Waals surface area contributed by atoms with Crippen LogP contribution in [0.3, 0.4) is 0 Å². The van der Waals surface area contributed by atoms with Crippen LogP contribution in [-0.4, -0.2) is 261 Å². The molecular weight excluding hydrogens is 1330 g/mol. The molecule has 0 saturated carbocycles. The van der Waals surface area contributed by atoms with Crippen LogP contribution in [-0.2, 0) is 70.3 Å². The van der Waals surface area contributed by atoms with E-state index in [2.05, 4.69) is 26.6 Å². The molecule has 0 bridgehead atoms. The van der Waals surface area contributed by atoms with E-state index in [4.69, 9.17) is 4.74 Å². The maximum absolute atomic E-state index is 15.5. The fraction of sp³-hybridized carbons (Fsp3) is 0.701. The molecule has 27 heteroatoms. The first-order valence-electron chi connectivity index (χ1n) is 37.4. The first-order chi connectivity index (χ1) is 48.7. The fourth-order valence-corrected chi connectivity index (χ4v) is 13.2. The molecule has 2 saturated heterocycles. The average molecular weight is 1460 g/mol. The van der Waals surface area contributed by atoms with E-state index >= 15 is 38.4 Å². The lowest BCUT2D eigenvalue weighted by Gasteiger charge is -2.39. The number of likely N-dealkylation sites (tertiary alicyclic amines) is 1. The van der Waals surface area contributed by atoms with Crippen LogP contribution in [0.2, 0.25) is 0 Å². The van der Waals surface area contributed by atoms with E-state index in [-0.39, 0.29) is 87.5 Å². The number of aliphatic hydroxyl groups excluding tert-OH is 2. The van der Waals surface area contributed by atoms with Crippen LogP contribution in [0.4, 0.5) is 0 Å². The smallest absolute Gasteiger partial charge is 0.248 e. The van der Waals surface area contributed by atoms with E-state index in [1.54, 1.807) is 75.1 Å². The minimum atomic E-state index is -1.69. The van der Waals surface area contributed by atoms with Gasteiger partial charge in [-0.25, -0.2) is 0 Å². The summed E-state index contributed by atoms with van der Waals surface area (Å²) in [7, 11) is 7.10. The van der Waals surface area contributed by atoms with Gasteiger partial charge in [-0.15, -0.1) is 0 Å². The second-order valence-electron chi connectivity index (χ2n) is 31.2. The maximum atomic E-state index is 15.5. The highest BCUT2D eigenvalue weighted by Gasteiger charge is 2.44. The minimum absolute atomic E-state index is 0.00969. The Kier molecular flexibility index (Phi) is 35.6. The summed E-state index contributed by atoms with van der Waals surface area (Å²) in [6.45, 7) is 24.7. The third-order valence-corrected chi connectivity index (χ3v) is 19.3. The molecule has 2 aromatic rings. The highest BCUT2D eigenvalue weighted by molar-refractivity contribution is 5.99. The number of phenolic OH excluding ortho intramolecular Hbond substituents is 1. The third-order valence-electron chi connectivity index (χ3n) is 19.3. The van der Waals surface area contributed by atoms with Crippen molar-refractivity contribution >= 4 is 65.0 Å². The number of amides is 11. The first-order valence-corrected chi connectivity index (χ1v) is 37.4. The van der Waals surface area contributed by atoms with Gasteiger partial charge >= 0.3 is 0 Å². The summed E-state index contributed by atoms with van der Waals surface area (Å²) in [5.74, 6) is -8.95. The Morgan fingerprint density at radius 2 is 1.05 bits per heavy atom. The Balaban J connectivity index is 2.02. The molecule has 11 amide bonds. The number of nitrogens with one attached hydrogen (secondary N) is 5. The lowest BCUT2D eigenvalue weighted by atomic mass is 9.97. The van der Waals surface area contributed by atoms with Crippen LogP contribution in [0.15, 0.2) is 54.6 Å². The number of carbonyl (C=O) groups excluding carboxylic acids is 11. The molecule has 2 aliphatic heterocycles. The molecule has 27 nitrogen and oxygen atoms in total. The Bertz CT molecular complexity index is 3140. The zero-order valence-corrected chi connectivity index (χ0v) is 65.5. The number of unbranched alkanes of at least 4 members (excludes halogenated alkanes) is 1. The summed E-state index contributed by atoms with van der Waals surface area (Å²) in [5.41, 5.74) is 0.269. The van der Waals surface area contributed by atoms with Gasteiger partial charge < -0.3 is 75.6 Å². The van der Waals surface area contributed by atoms with E-state index in [0.29, 0.717) is 49.9 Å². The summed E-state index contributed by atoms with van der Waals surface area (Å²) in [4.78, 5) is 175. The number of ether oxygens (including phenoxy) is 1. The quantitative estimate of drug-likeness (QED) is 0.0913. The van der Waals surface area contributed by atoms with Gasteiger partial charge in [0.25, 0.3) is 0 Å². The minimum Gasteiger partial charge on any atom is -0.508 e. The number of nitrogens with zero attached hydrogens (tertiary/aromatic N) is 7. The van der Waals surface area contributed by atoms with Crippen LogP contribution in [0.1, 0.15) is 179 Å². The summed E-state index contributed by atoms with van der Waals surface area (Å²) in [5, 5.41) is 48.6. The number of hydrogen-bond acceptors (Lipinski definition) is 16. The molecule has 0 aliphatic carbocycles. The average Bonchev–Trinajstić information content (AvgIpc) is 0.820. The van der Waals surface area contributed by atoms with Crippen molar-refractivity contribution in [3.05, 3.63) is 65.7 Å². The number of carbonyl (C=O) groups is 11. The highest BCUT2D eigenvalue weighted by Crippen LogP contribution is 2.24. The largest absolute Gasteiger partial charge is 0.508 e. The third kappa shape index (κ3) is 27.0. The van der Waals surface area contributed by atoms with E-state index in [9.17, 15) is 29.7 Å². The van der Waals surface area contributed by atoms with Gasteiger partial charge in [0, 0.05) is 67.7 Å². The van der Waals surface area contributed by atoms with Crippen molar-refractivity contribution in [3.63, 3.8) is 0 Å². The van der Waals surface area contributed by atoms with Gasteiger partial charge in [-0.05, 0) is 132 Å². The second kappa shape index (κ2) is 41.8. The molecular formula is C77H126N12O15. The summed E-state index contributed by atoms with van der Waals surface area (Å²) in [6.07, 6.45) is -0.554. The number of hydrogen-bond donors (Lipinski definition) is 8. The normalized spacial score (nSPS) is 25.4. The zero-order valence-electron chi connectivity index (χ0n) is 65.5. The molecule has 2 aromatic carbocycles. The van der Waals surface area contributed by atoms with Crippen molar-refractivity contribution in [2.75, 3.05) is 68.0 Å². The van der Waals surface area contributed by atoms with E-state index in [0.717, 1.165) is 11.3 Å². The topological polar surface area (TPSA) is 341 Å². The first kappa shape index (κ1) is 88.6. The second-order valence-corrected chi connectivity index (χ2v) is 31.2. The Morgan fingerprint density at radius 1 is 0.558 bits per heavy atom. The molecule has 12 atom stereocenters. The van der Waals surface area contributed by atoms with Crippen LogP contribution in [0.25, 0.3) is 0 Å². The number of aliphatic hydroxyl groups is 2.